The van der Waals surface area contributed by atoms with E-state index in [0.29, 0.717) is 6.04 Å². The lowest BCUT2D eigenvalue weighted by Gasteiger charge is -2.34. The van der Waals surface area contributed by atoms with E-state index < -0.39 is 0 Å². The van der Waals surface area contributed by atoms with Crippen molar-refractivity contribution in [3.05, 3.63) is 15.9 Å². The van der Waals surface area contributed by atoms with E-state index in [0.717, 1.165) is 29.7 Å². The maximum Gasteiger partial charge on any atom is 0.0767 e. The van der Waals surface area contributed by atoms with Crippen molar-refractivity contribution in [2.45, 2.75) is 58.0 Å². The fourth-order valence-electron chi connectivity index (χ4n) is 3.15. The molecule has 114 valence electrons. The molecule has 1 aliphatic carbocycles. The fourth-order valence-corrected chi connectivity index (χ4v) is 3.89. The van der Waals surface area contributed by atoms with Gasteiger partial charge < -0.3 is 5.11 Å². The van der Waals surface area contributed by atoms with Crippen LogP contribution < -0.4 is 0 Å². The zero-order valence-corrected chi connectivity index (χ0v) is 14.2. The number of hydrogen-bond donors (Lipinski definition) is 1. The first-order valence-electron chi connectivity index (χ1n) is 7.72. The molecule has 0 atom stereocenters. The minimum atomic E-state index is 0.229. The van der Waals surface area contributed by atoms with Crippen molar-refractivity contribution >= 4 is 15.9 Å². The van der Waals surface area contributed by atoms with Gasteiger partial charge in [-0.3, -0.25) is 9.58 Å². The summed E-state index contributed by atoms with van der Waals surface area (Å²) in [6, 6.07) is 0.614. The minimum absolute atomic E-state index is 0.229. The third kappa shape index (κ3) is 3.62. The van der Waals surface area contributed by atoms with Gasteiger partial charge in [-0.25, -0.2) is 0 Å². The Morgan fingerprint density at radius 2 is 2.05 bits per heavy atom. The van der Waals surface area contributed by atoms with Gasteiger partial charge in [0, 0.05) is 26.2 Å². The van der Waals surface area contributed by atoms with Gasteiger partial charge in [0.2, 0.25) is 0 Å². The first-order chi connectivity index (χ1) is 9.67. The summed E-state index contributed by atoms with van der Waals surface area (Å²) in [6.45, 7) is 3.98. The zero-order chi connectivity index (χ0) is 14.5. The molecule has 0 spiro atoms. The van der Waals surface area contributed by atoms with Crippen LogP contribution in [0.4, 0.5) is 0 Å². The number of aliphatic hydroxyl groups excluding tert-OH is 1. The van der Waals surface area contributed by atoms with Crippen molar-refractivity contribution in [1.29, 1.82) is 0 Å². The summed E-state index contributed by atoms with van der Waals surface area (Å²) >= 11 is 3.69. The highest BCUT2D eigenvalue weighted by atomic mass is 79.9. The number of aryl methyl sites for hydroxylation is 2. The number of hydrogen-bond acceptors (Lipinski definition) is 3. The quantitative estimate of drug-likeness (QED) is 0.863. The predicted molar refractivity (Wildman–Crippen MR) is 84.7 cm³/mol. The van der Waals surface area contributed by atoms with Crippen LogP contribution in [0.5, 0.6) is 0 Å². The van der Waals surface area contributed by atoms with E-state index in [1.165, 1.54) is 37.8 Å². The van der Waals surface area contributed by atoms with Crippen molar-refractivity contribution in [3.63, 3.8) is 0 Å². The molecular weight excluding hydrogens is 318 g/mol. The van der Waals surface area contributed by atoms with E-state index in [4.69, 9.17) is 0 Å². The minimum Gasteiger partial charge on any atom is -0.395 e. The molecule has 0 saturated heterocycles. The Bertz CT molecular complexity index is 427. The van der Waals surface area contributed by atoms with Crippen molar-refractivity contribution in [3.8, 4) is 0 Å². The van der Waals surface area contributed by atoms with Crippen molar-refractivity contribution in [1.82, 2.24) is 14.7 Å². The smallest absolute Gasteiger partial charge is 0.0767 e. The van der Waals surface area contributed by atoms with Gasteiger partial charge in [-0.1, -0.05) is 26.2 Å². The number of aliphatic hydroxyl groups is 1. The molecule has 0 unspecified atom stereocenters. The average Bonchev–Trinajstić information content (AvgIpc) is 2.75. The van der Waals surface area contributed by atoms with Crippen LogP contribution in [0, 0.1) is 0 Å². The van der Waals surface area contributed by atoms with Gasteiger partial charge in [0.05, 0.1) is 22.5 Å². The van der Waals surface area contributed by atoms with Gasteiger partial charge in [-0.2, -0.15) is 5.10 Å². The van der Waals surface area contributed by atoms with Crippen LogP contribution in [0.25, 0.3) is 0 Å². The highest BCUT2D eigenvalue weighted by Crippen LogP contribution is 2.27. The SMILES string of the molecule is CCc1nn(C)c(CN(CCO)C2CCCCC2)c1Br. The van der Waals surface area contributed by atoms with Gasteiger partial charge >= 0.3 is 0 Å². The first kappa shape index (κ1) is 16.0. The third-order valence-corrected chi connectivity index (χ3v) is 5.25. The largest absolute Gasteiger partial charge is 0.395 e. The van der Waals surface area contributed by atoms with Gasteiger partial charge in [0.15, 0.2) is 0 Å². The highest BCUT2D eigenvalue weighted by molar-refractivity contribution is 9.10. The third-order valence-electron chi connectivity index (χ3n) is 4.33. The molecule has 0 aliphatic heterocycles. The van der Waals surface area contributed by atoms with E-state index in [9.17, 15) is 5.11 Å². The fraction of sp³-hybridized carbons (Fsp3) is 0.800. The average molecular weight is 344 g/mol. The lowest BCUT2D eigenvalue weighted by molar-refractivity contribution is 0.114. The molecule has 5 heteroatoms. The summed E-state index contributed by atoms with van der Waals surface area (Å²) < 4.78 is 3.12. The topological polar surface area (TPSA) is 41.3 Å². The van der Waals surface area contributed by atoms with Crippen LogP contribution in [-0.4, -0.2) is 39.0 Å². The van der Waals surface area contributed by atoms with Gasteiger partial charge in [-0.15, -0.1) is 0 Å². The van der Waals surface area contributed by atoms with Crippen LogP contribution in [-0.2, 0) is 20.0 Å². The molecular formula is C15H26BrN3O. The molecule has 0 amide bonds. The number of halogens is 1. The van der Waals surface area contributed by atoms with Crippen molar-refractivity contribution in [2.75, 3.05) is 13.2 Å². The molecule has 1 aromatic rings. The number of nitrogens with zero attached hydrogens (tertiary/aromatic N) is 3. The molecule has 0 aromatic carbocycles. The second-order valence-corrected chi connectivity index (χ2v) is 6.46. The lowest BCUT2D eigenvalue weighted by Crippen LogP contribution is -2.38. The summed E-state index contributed by atoms with van der Waals surface area (Å²) in [6.07, 6.45) is 7.46. The predicted octanol–water partition coefficient (Wildman–Crippen LogP) is 2.87. The molecule has 1 aromatic heterocycles. The van der Waals surface area contributed by atoms with Crippen LogP contribution in [0.2, 0.25) is 0 Å². The van der Waals surface area contributed by atoms with E-state index >= 15 is 0 Å². The van der Waals surface area contributed by atoms with Crippen LogP contribution >= 0.6 is 15.9 Å². The zero-order valence-electron chi connectivity index (χ0n) is 12.6. The standard InChI is InChI=1S/C15H26BrN3O/c1-3-13-15(16)14(18(2)17-13)11-19(9-10-20)12-7-5-4-6-8-12/h12,20H,3-11H2,1-2H3. The second kappa shape index (κ2) is 7.57. The molecule has 1 heterocycles. The molecule has 1 saturated carbocycles. The van der Waals surface area contributed by atoms with Crippen LogP contribution in [0.3, 0.4) is 0 Å². The van der Waals surface area contributed by atoms with Crippen LogP contribution in [0.15, 0.2) is 4.47 Å². The molecule has 1 N–H and O–H groups in total. The Labute approximate surface area is 130 Å². The van der Waals surface area contributed by atoms with E-state index in [-0.39, 0.29) is 6.61 Å². The first-order valence-corrected chi connectivity index (χ1v) is 8.51. The monoisotopic (exact) mass is 343 g/mol. The number of aromatic nitrogens is 2. The van der Waals surface area contributed by atoms with E-state index in [2.05, 4.69) is 32.9 Å². The molecule has 0 bridgehead atoms. The van der Waals surface area contributed by atoms with Gasteiger partial charge in [0.25, 0.3) is 0 Å². The summed E-state index contributed by atoms with van der Waals surface area (Å²) in [4.78, 5) is 2.43. The molecule has 20 heavy (non-hydrogen) atoms. The van der Waals surface area contributed by atoms with Gasteiger partial charge in [0.1, 0.15) is 0 Å². The Morgan fingerprint density at radius 1 is 1.35 bits per heavy atom. The second-order valence-electron chi connectivity index (χ2n) is 5.67. The summed E-state index contributed by atoms with van der Waals surface area (Å²) in [5.74, 6) is 0. The van der Waals surface area contributed by atoms with Crippen molar-refractivity contribution in [2.24, 2.45) is 7.05 Å². The highest BCUT2D eigenvalue weighted by Gasteiger charge is 2.23. The lowest BCUT2D eigenvalue weighted by atomic mass is 9.94. The van der Waals surface area contributed by atoms with Crippen LogP contribution in [0.1, 0.15) is 50.4 Å². The Morgan fingerprint density at radius 3 is 2.60 bits per heavy atom. The maximum absolute atomic E-state index is 9.36. The Hall–Kier alpha value is -0.390. The summed E-state index contributed by atoms with van der Waals surface area (Å²) in [5.41, 5.74) is 2.34. The summed E-state index contributed by atoms with van der Waals surface area (Å²) in [7, 11) is 2.01. The normalized spacial score (nSPS) is 17.1. The Kier molecular flexibility index (Phi) is 6.05. The Balaban J connectivity index is 2.12. The molecule has 1 aliphatic rings. The van der Waals surface area contributed by atoms with Gasteiger partial charge in [-0.05, 0) is 35.2 Å². The molecule has 1 fully saturated rings. The molecule has 0 radical (unpaired) electrons. The van der Waals surface area contributed by atoms with E-state index in [1.54, 1.807) is 0 Å². The summed E-state index contributed by atoms with van der Waals surface area (Å²) in [5, 5.41) is 13.9. The molecule has 4 nitrogen and oxygen atoms in total. The van der Waals surface area contributed by atoms with Crippen molar-refractivity contribution < 1.29 is 5.11 Å². The maximum atomic E-state index is 9.36. The number of rotatable bonds is 6. The van der Waals surface area contributed by atoms with E-state index in [1.807, 2.05) is 11.7 Å². The molecule has 2 rings (SSSR count).